The minimum absolute atomic E-state index is 0.241. The Balaban J connectivity index is 2.57. The van der Waals surface area contributed by atoms with Crippen LogP contribution in [0.3, 0.4) is 0 Å². The number of unbranched alkanes of at least 4 members (excludes halogenated alkanes) is 1. The summed E-state index contributed by atoms with van der Waals surface area (Å²) in [5.41, 5.74) is 0. The molecule has 0 aliphatic rings. The van der Waals surface area contributed by atoms with E-state index in [4.69, 9.17) is 27.9 Å². The number of ether oxygens (including phenoxy) is 1. The van der Waals surface area contributed by atoms with Crippen LogP contribution in [0.4, 0.5) is 0 Å². The van der Waals surface area contributed by atoms with Crippen molar-refractivity contribution in [2.75, 3.05) is 0 Å². The molecule has 2 nitrogen and oxygen atoms in total. The van der Waals surface area contributed by atoms with E-state index in [1.54, 1.807) is 12.1 Å². The predicted octanol–water partition coefficient (Wildman–Crippen LogP) is 4.09. The van der Waals surface area contributed by atoms with E-state index in [-0.39, 0.29) is 5.97 Å². The molecule has 0 radical (unpaired) electrons. The number of benzene rings is 1. The maximum Gasteiger partial charge on any atom is 0.311 e. The molecule has 15 heavy (non-hydrogen) atoms. The fourth-order valence-corrected chi connectivity index (χ4v) is 1.33. The summed E-state index contributed by atoms with van der Waals surface area (Å²) in [5, 5.41) is 0.836. The first-order chi connectivity index (χ1) is 7.13. The normalized spacial score (nSPS) is 10.1. The SMILES string of the molecule is CCCCC(=O)Oc1ccc(Cl)c(Cl)c1. The average Bonchev–Trinajstić information content (AvgIpc) is 2.20. The zero-order chi connectivity index (χ0) is 11.3. The molecular weight excluding hydrogens is 235 g/mol. The van der Waals surface area contributed by atoms with Crippen molar-refractivity contribution < 1.29 is 9.53 Å². The third-order valence-corrected chi connectivity index (χ3v) is 2.60. The van der Waals surface area contributed by atoms with Gasteiger partial charge in [-0.2, -0.15) is 0 Å². The van der Waals surface area contributed by atoms with Crippen LogP contribution in [0, 0.1) is 0 Å². The summed E-state index contributed by atoms with van der Waals surface area (Å²) in [4.78, 5) is 11.3. The number of hydrogen-bond donors (Lipinski definition) is 0. The maximum atomic E-state index is 11.3. The molecule has 0 fully saturated rings. The molecule has 0 unspecified atom stereocenters. The van der Waals surface area contributed by atoms with Gasteiger partial charge in [-0.3, -0.25) is 4.79 Å². The first kappa shape index (κ1) is 12.3. The third-order valence-electron chi connectivity index (χ3n) is 1.86. The number of esters is 1. The van der Waals surface area contributed by atoms with Gasteiger partial charge in [-0.25, -0.2) is 0 Å². The maximum absolute atomic E-state index is 11.3. The van der Waals surface area contributed by atoms with Crippen LogP contribution in [0.2, 0.25) is 10.0 Å². The second-order valence-electron chi connectivity index (χ2n) is 3.15. The van der Waals surface area contributed by atoms with Gasteiger partial charge in [0.2, 0.25) is 0 Å². The molecule has 1 aromatic rings. The van der Waals surface area contributed by atoms with Gasteiger partial charge in [-0.1, -0.05) is 36.5 Å². The van der Waals surface area contributed by atoms with Gasteiger partial charge in [0.25, 0.3) is 0 Å². The number of hydrogen-bond acceptors (Lipinski definition) is 2. The zero-order valence-corrected chi connectivity index (χ0v) is 9.94. The van der Waals surface area contributed by atoms with Gasteiger partial charge in [0.05, 0.1) is 10.0 Å². The molecule has 82 valence electrons. The Kier molecular flexibility index (Phi) is 4.92. The Morgan fingerprint density at radius 3 is 2.67 bits per heavy atom. The minimum atomic E-state index is -0.241. The molecule has 0 saturated carbocycles. The van der Waals surface area contributed by atoms with E-state index in [0.29, 0.717) is 22.2 Å². The second-order valence-corrected chi connectivity index (χ2v) is 3.97. The Hall–Kier alpha value is -0.730. The molecule has 0 aliphatic carbocycles. The number of halogens is 2. The van der Waals surface area contributed by atoms with Gasteiger partial charge in [-0.05, 0) is 18.6 Å². The van der Waals surface area contributed by atoms with E-state index >= 15 is 0 Å². The average molecular weight is 247 g/mol. The smallest absolute Gasteiger partial charge is 0.311 e. The first-order valence-corrected chi connectivity index (χ1v) is 5.54. The van der Waals surface area contributed by atoms with Gasteiger partial charge in [0.1, 0.15) is 5.75 Å². The van der Waals surface area contributed by atoms with Crippen molar-refractivity contribution in [2.45, 2.75) is 26.2 Å². The van der Waals surface area contributed by atoms with E-state index in [1.807, 2.05) is 6.92 Å². The Labute approximate surface area is 99.1 Å². The van der Waals surface area contributed by atoms with E-state index in [1.165, 1.54) is 6.07 Å². The molecule has 0 spiro atoms. The number of rotatable bonds is 4. The molecule has 0 N–H and O–H groups in total. The third kappa shape index (κ3) is 4.10. The van der Waals surface area contributed by atoms with Crippen LogP contribution in [-0.2, 0) is 4.79 Å². The van der Waals surface area contributed by atoms with Crippen molar-refractivity contribution in [3.63, 3.8) is 0 Å². The van der Waals surface area contributed by atoms with Gasteiger partial charge >= 0.3 is 5.97 Å². The Morgan fingerprint density at radius 1 is 1.33 bits per heavy atom. The lowest BCUT2D eigenvalue weighted by molar-refractivity contribution is -0.134. The van der Waals surface area contributed by atoms with Gasteiger partial charge in [-0.15, -0.1) is 0 Å². The Bertz CT molecular complexity index is 350. The predicted molar refractivity (Wildman–Crippen MR) is 61.6 cm³/mol. The number of carbonyl (C=O) groups is 1. The molecule has 0 atom stereocenters. The highest BCUT2D eigenvalue weighted by molar-refractivity contribution is 6.42. The van der Waals surface area contributed by atoms with Crippen LogP contribution in [0.25, 0.3) is 0 Å². The van der Waals surface area contributed by atoms with E-state index in [2.05, 4.69) is 0 Å². The zero-order valence-electron chi connectivity index (χ0n) is 8.43. The minimum Gasteiger partial charge on any atom is -0.426 e. The summed E-state index contributed by atoms with van der Waals surface area (Å²) in [6.07, 6.45) is 2.23. The lowest BCUT2D eigenvalue weighted by Crippen LogP contribution is -2.07. The fraction of sp³-hybridized carbons (Fsp3) is 0.364. The van der Waals surface area contributed by atoms with E-state index in [9.17, 15) is 4.79 Å². The van der Waals surface area contributed by atoms with Gasteiger partial charge < -0.3 is 4.74 Å². The van der Waals surface area contributed by atoms with Crippen molar-refractivity contribution >= 4 is 29.2 Å². The lowest BCUT2D eigenvalue weighted by Gasteiger charge is -2.04. The van der Waals surface area contributed by atoms with Crippen molar-refractivity contribution in [3.05, 3.63) is 28.2 Å². The lowest BCUT2D eigenvalue weighted by atomic mass is 10.2. The van der Waals surface area contributed by atoms with Crippen molar-refractivity contribution in [1.82, 2.24) is 0 Å². The highest BCUT2D eigenvalue weighted by Crippen LogP contribution is 2.26. The molecule has 0 amide bonds. The van der Waals surface area contributed by atoms with Crippen LogP contribution < -0.4 is 4.74 Å². The van der Waals surface area contributed by atoms with Crippen molar-refractivity contribution in [3.8, 4) is 5.75 Å². The van der Waals surface area contributed by atoms with E-state index in [0.717, 1.165) is 12.8 Å². The summed E-state index contributed by atoms with van der Waals surface area (Å²) in [6.45, 7) is 2.02. The summed E-state index contributed by atoms with van der Waals surface area (Å²) < 4.78 is 5.07. The summed E-state index contributed by atoms with van der Waals surface area (Å²) in [7, 11) is 0. The van der Waals surface area contributed by atoms with Crippen LogP contribution in [0.5, 0.6) is 5.75 Å². The second kappa shape index (κ2) is 5.99. The fourth-order valence-electron chi connectivity index (χ4n) is 1.04. The molecule has 0 saturated heterocycles. The van der Waals surface area contributed by atoms with Crippen LogP contribution in [-0.4, -0.2) is 5.97 Å². The van der Waals surface area contributed by atoms with Crippen LogP contribution >= 0.6 is 23.2 Å². The standard InChI is InChI=1S/C11H12Cl2O2/c1-2-3-4-11(14)15-8-5-6-9(12)10(13)7-8/h5-7H,2-4H2,1H3. The van der Waals surface area contributed by atoms with Crippen molar-refractivity contribution in [2.24, 2.45) is 0 Å². The van der Waals surface area contributed by atoms with Gasteiger partial charge in [0, 0.05) is 12.5 Å². The topological polar surface area (TPSA) is 26.3 Å². The summed E-state index contributed by atoms with van der Waals surface area (Å²) >= 11 is 11.5. The molecular formula is C11H12Cl2O2. The molecule has 0 aromatic heterocycles. The van der Waals surface area contributed by atoms with Gasteiger partial charge in [0.15, 0.2) is 0 Å². The number of carbonyl (C=O) groups excluding carboxylic acids is 1. The highest BCUT2D eigenvalue weighted by atomic mass is 35.5. The quantitative estimate of drug-likeness (QED) is 0.591. The molecule has 0 aliphatic heterocycles. The molecule has 0 heterocycles. The van der Waals surface area contributed by atoms with Crippen LogP contribution in [0.15, 0.2) is 18.2 Å². The molecule has 0 bridgehead atoms. The molecule has 4 heteroatoms. The van der Waals surface area contributed by atoms with Crippen LogP contribution in [0.1, 0.15) is 26.2 Å². The Morgan fingerprint density at radius 2 is 2.07 bits per heavy atom. The largest absolute Gasteiger partial charge is 0.426 e. The van der Waals surface area contributed by atoms with E-state index < -0.39 is 0 Å². The summed E-state index contributed by atoms with van der Waals surface area (Å²) in [5.74, 6) is 0.195. The monoisotopic (exact) mass is 246 g/mol. The highest BCUT2D eigenvalue weighted by Gasteiger charge is 2.05. The summed E-state index contributed by atoms with van der Waals surface area (Å²) in [6, 6.07) is 4.76. The van der Waals surface area contributed by atoms with Crippen molar-refractivity contribution in [1.29, 1.82) is 0 Å². The first-order valence-electron chi connectivity index (χ1n) is 4.79. The molecule has 1 rings (SSSR count). The molecule has 1 aromatic carbocycles.